The Balaban J connectivity index is 1.41. The molecule has 3 aromatic carbocycles. The van der Waals surface area contributed by atoms with Gasteiger partial charge in [-0.25, -0.2) is 9.80 Å². The van der Waals surface area contributed by atoms with E-state index >= 15 is 0 Å². The Morgan fingerprint density at radius 2 is 1.07 bits per heavy atom. The summed E-state index contributed by atoms with van der Waals surface area (Å²) in [5, 5.41) is 0. The molecule has 8 nitrogen and oxygen atoms in total. The number of amides is 4. The fourth-order valence-corrected chi connectivity index (χ4v) is 7.79. The van der Waals surface area contributed by atoms with E-state index in [0.717, 1.165) is 5.56 Å². The zero-order chi connectivity index (χ0) is 29.2. The molecule has 0 radical (unpaired) electrons. The minimum atomic E-state index is -1.20. The van der Waals surface area contributed by atoms with E-state index in [2.05, 4.69) is 0 Å². The molecule has 2 unspecified atom stereocenters. The molecule has 6 atom stereocenters. The molecule has 212 valence electrons. The average Bonchev–Trinajstić information content (AvgIpc) is 3.45. The van der Waals surface area contributed by atoms with Crippen LogP contribution in [0.5, 0.6) is 11.5 Å². The summed E-state index contributed by atoms with van der Waals surface area (Å²) >= 11 is 0. The van der Waals surface area contributed by atoms with Gasteiger partial charge in [0.15, 0.2) is 0 Å². The van der Waals surface area contributed by atoms with Gasteiger partial charge in [-0.2, -0.15) is 0 Å². The first-order valence-electron chi connectivity index (χ1n) is 14.4. The van der Waals surface area contributed by atoms with Crippen LogP contribution in [0, 0.1) is 29.6 Å². The number of ether oxygens (including phenoxy) is 2. The normalized spacial score (nSPS) is 29.2. The second kappa shape index (κ2) is 9.69. The van der Waals surface area contributed by atoms with Gasteiger partial charge in [0.25, 0.3) is 0 Å². The number of benzene rings is 3. The molecule has 3 aliphatic carbocycles. The number of carbonyl (C=O) groups excluding carboxylic acids is 4. The third-order valence-corrected chi connectivity index (χ3v) is 9.24. The van der Waals surface area contributed by atoms with Crippen LogP contribution in [0.4, 0.5) is 11.4 Å². The highest BCUT2D eigenvalue weighted by Crippen LogP contribution is 2.65. The molecule has 42 heavy (non-hydrogen) atoms. The maximum Gasteiger partial charge on any atom is 0.239 e. The van der Waals surface area contributed by atoms with E-state index < -0.39 is 35.0 Å². The summed E-state index contributed by atoms with van der Waals surface area (Å²) in [6, 6.07) is 23.3. The molecule has 5 aliphatic rings. The Kier molecular flexibility index (Phi) is 6.04. The zero-order valence-electron chi connectivity index (χ0n) is 23.3. The molecule has 8 heteroatoms. The van der Waals surface area contributed by atoms with Crippen LogP contribution < -0.4 is 19.3 Å². The van der Waals surface area contributed by atoms with Crippen molar-refractivity contribution in [2.75, 3.05) is 23.0 Å². The quantitative estimate of drug-likeness (QED) is 0.310. The first kappa shape index (κ1) is 26.2. The van der Waals surface area contributed by atoms with Crippen LogP contribution in [0.3, 0.4) is 0 Å². The van der Waals surface area contributed by atoms with Crippen molar-refractivity contribution >= 4 is 35.0 Å². The van der Waals surface area contributed by atoms with E-state index in [-0.39, 0.29) is 23.6 Å². The molecular weight excluding hydrogens is 532 g/mol. The molecule has 3 aromatic rings. The van der Waals surface area contributed by atoms with Crippen LogP contribution in [0.25, 0.3) is 0 Å². The average molecular weight is 563 g/mol. The second-order valence-electron chi connectivity index (χ2n) is 11.1. The minimum Gasteiger partial charge on any atom is -0.492 e. The molecule has 2 aliphatic heterocycles. The molecule has 2 heterocycles. The Hall–Kier alpha value is -4.72. The van der Waals surface area contributed by atoms with Crippen LogP contribution in [-0.4, -0.2) is 36.8 Å². The summed E-state index contributed by atoms with van der Waals surface area (Å²) in [5.74, 6) is -4.63. The smallest absolute Gasteiger partial charge is 0.239 e. The van der Waals surface area contributed by atoms with Gasteiger partial charge < -0.3 is 9.47 Å². The lowest BCUT2D eigenvalue weighted by atomic mass is 9.45. The van der Waals surface area contributed by atoms with Gasteiger partial charge in [0.05, 0.1) is 48.3 Å². The van der Waals surface area contributed by atoms with E-state index in [4.69, 9.17) is 9.47 Å². The van der Waals surface area contributed by atoms with E-state index in [1.165, 1.54) is 9.80 Å². The standard InChI is InChI=1S/C34H30N2O6/c1-3-41-24-16-10-8-14-22(24)35-30(37)26-21-18-19-34(28(26)32(35)39,20-12-6-5-7-13-20)29-27(21)31(38)36(33(29)40)23-15-9-11-17-25(23)42-4-2/h5-19,21,26-29H,3-4H2,1-2H3/t21?,26-,27-,28-,29+,34?/m1/s1. The summed E-state index contributed by atoms with van der Waals surface area (Å²) < 4.78 is 11.6. The SMILES string of the molecule is CCOc1ccccc1N1C(=O)[C@@H]2C3C=CC(c4ccccc4)([C@@H]2C1=O)[C@H]1C(=O)N(c2ccccc2OCC)C(=O)[C@H]31. The van der Waals surface area contributed by atoms with Gasteiger partial charge in [0.1, 0.15) is 11.5 Å². The van der Waals surface area contributed by atoms with Crippen LogP contribution >= 0.6 is 0 Å². The van der Waals surface area contributed by atoms with Crippen LogP contribution in [0.1, 0.15) is 19.4 Å². The van der Waals surface area contributed by atoms with E-state index in [1.807, 2.05) is 56.3 Å². The predicted octanol–water partition coefficient (Wildman–Crippen LogP) is 4.53. The third kappa shape index (κ3) is 3.35. The maximum atomic E-state index is 14.5. The largest absolute Gasteiger partial charge is 0.492 e. The highest BCUT2D eigenvalue weighted by Gasteiger charge is 2.75. The Labute approximate surface area is 243 Å². The second-order valence-corrected chi connectivity index (χ2v) is 11.1. The molecule has 3 fully saturated rings. The number of rotatable bonds is 7. The lowest BCUT2D eigenvalue weighted by molar-refractivity contribution is -0.140. The van der Waals surface area contributed by atoms with Crippen LogP contribution in [0.15, 0.2) is 91.0 Å². The fourth-order valence-electron chi connectivity index (χ4n) is 7.79. The lowest BCUT2D eigenvalue weighted by Crippen LogP contribution is -2.60. The van der Waals surface area contributed by atoms with Crippen LogP contribution in [0.2, 0.25) is 0 Å². The van der Waals surface area contributed by atoms with Gasteiger partial charge in [-0.05, 0) is 43.7 Å². The van der Waals surface area contributed by atoms with E-state index in [0.29, 0.717) is 36.1 Å². The van der Waals surface area contributed by atoms with E-state index in [1.54, 1.807) is 48.5 Å². The zero-order valence-corrected chi connectivity index (χ0v) is 23.3. The molecule has 0 spiro atoms. The van der Waals surface area contributed by atoms with Crippen molar-refractivity contribution in [2.24, 2.45) is 29.6 Å². The molecule has 8 rings (SSSR count). The van der Waals surface area contributed by atoms with Crippen molar-refractivity contribution in [2.45, 2.75) is 19.3 Å². The topological polar surface area (TPSA) is 93.2 Å². The first-order valence-corrected chi connectivity index (χ1v) is 14.4. The maximum absolute atomic E-state index is 14.5. The monoisotopic (exact) mass is 562 g/mol. The number of anilines is 2. The lowest BCUT2D eigenvalue weighted by Gasteiger charge is -2.53. The number of imide groups is 2. The van der Waals surface area contributed by atoms with Crippen LogP contribution in [-0.2, 0) is 24.6 Å². The van der Waals surface area contributed by atoms with Gasteiger partial charge in [-0.15, -0.1) is 0 Å². The van der Waals surface area contributed by atoms with Crippen molar-refractivity contribution in [3.63, 3.8) is 0 Å². The van der Waals surface area contributed by atoms with E-state index in [9.17, 15) is 19.2 Å². The minimum absolute atomic E-state index is 0.366. The third-order valence-electron chi connectivity index (χ3n) is 9.24. The summed E-state index contributed by atoms with van der Waals surface area (Å²) in [7, 11) is 0. The predicted molar refractivity (Wildman–Crippen MR) is 155 cm³/mol. The number of hydrogen-bond donors (Lipinski definition) is 0. The first-order chi connectivity index (χ1) is 20.5. The Bertz CT molecular complexity index is 1550. The number of para-hydroxylation sites is 4. The Morgan fingerprint density at radius 3 is 1.55 bits per heavy atom. The van der Waals surface area contributed by atoms with Gasteiger partial charge in [0.2, 0.25) is 23.6 Å². The fraction of sp³-hybridized carbons (Fsp3) is 0.294. The molecule has 0 N–H and O–H groups in total. The van der Waals surface area contributed by atoms with Gasteiger partial charge in [-0.1, -0.05) is 66.7 Å². The molecule has 1 saturated carbocycles. The molecule has 2 bridgehead atoms. The number of hydrogen-bond acceptors (Lipinski definition) is 6. The number of allylic oxidation sites excluding steroid dienone is 2. The van der Waals surface area contributed by atoms with Gasteiger partial charge >= 0.3 is 0 Å². The number of carbonyl (C=O) groups is 4. The molecule has 2 saturated heterocycles. The van der Waals surface area contributed by atoms with Crippen molar-refractivity contribution in [1.29, 1.82) is 0 Å². The summed E-state index contributed by atoms with van der Waals surface area (Å²) in [4.78, 5) is 60.1. The van der Waals surface area contributed by atoms with Crippen molar-refractivity contribution in [1.82, 2.24) is 0 Å². The van der Waals surface area contributed by atoms with Crippen molar-refractivity contribution in [3.8, 4) is 11.5 Å². The van der Waals surface area contributed by atoms with Gasteiger partial charge in [0, 0.05) is 11.3 Å². The molecule has 4 amide bonds. The van der Waals surface area contributed by atoms with Gasteiger partial charge in [-0.3, -0.25) is 19.2 Å². The van der Waals surface area contributed by atoms with Crippen molar-refractivity contribution < 1.29 is 28.7 Å². The Morgan fingerprint density at radius 1 is 0.619 bits per heavy atom. The molecule has 0 aromatic heterocycles. The summed E-state index contributed by atoms with van der Waals surface area (Å²) in [6.07, 6.45) is 3.81. The summed E-state index contributed by atoms with van der Waals surface area (Å²) in [6.45, 7) is 4.41. The summed E-state index contributed by atoms with van der Waals surface area (Å²) in [5.41, 5.74) is 0.282. The number of nitrogens with zero attached hydrogens (tertiary/aromatic N) is 2. The van der Waals surface area contributed by atoms with Crippen molar-refractivity contribution in [3.05, 3.63) is 96.6 Å². The molecular formula is C34H30N2O6. The highest BCUT2D eigenvalue weighted by atomic mass is 16.5. The highest BCUT2D eigenvalue weighted by molar-refractivity contribution is 6.27.